The topological polar surface area (TPSA) is 142 Å². The smallest absolute Gasteiger partial charge is 0.475 e. The second-order valence-electron chi connectivity index (χ2n) is 8.00. The van der Waals surface area contributed by atoms with Gasteiger partial charge in [0.1, 0.15) is 17.5 Å². The monoisotopic (exact) mass is 564 g/mol. The molecule has 4 heterocycles. The largest absolute Gasteiger partial charge is 0.490 e. The maximum absolute atomic E-state index is 10.6. The number of nitrogens with zero attached hydrogens (tertiary/aromatic N) is 5. The van der Waals surface area contributed by atoms with E-state index in [9.17, 15) is 13.2 Å². The molecule has 0 spiro atoms. The van der Waals surface area contributed by atoms with Crippen LogP contribution in [0.4, 0.5) is 35.1 Å². The minimum absolute atomic E-state index is 0.592. The SMILES string of the molecule is Cc1nc(Nc2ncc(/C=C/c3ccc4nc(N)sc4c3)s2)cc(N2CCNCC2)n1.O=C(O)C(F)(F)F. The number of halogens is 3. The summed E-state index contributed by atoms with van der Waals surface area (Å²) in [5, 5.41) is 15.2. The van der Waals surface area contributed by atoms with Crippen molar-refractivity contribution in [3.05, 3.63) is 46.7 Å². The molecule has 5 rings (SSSR count). The third-order valence-electron chi connectivity index (χ3n) is 5.14. The molecule has 5 N–H and O–H groups in total. The highest BCUT2D eigenvalue weighted by molar-refractivity contribution is 7.22. The Morgan fingerprint density at radius 2 is 1.89 bits per heavy atom. The third kappa shape index (κ3) is 7.36. The summed E-state index contributed by atoms with van der Waals surface area (Å²) in [5.74, 6) is -0.298. The molecule has 0 unspecified atom stereocenters. The Morgan fingerprint density at radius 1 is 1.16 bits per heavy atom. The van der Waals surface area contributed by atoms with Crippen LogP contribution in [0.5, 0.6) is 0 Å². The number of benzene rings is 1. The molecule has 0 atom stereocenters. The van der Waals surface area contributed by atoms with Gasteiger partial charge in [-0.1, -0.05) is 34.8 Å². The predicted molar refractivity (Wildman–Crippen MR) is 144 cm³/mol. The molecule has 1 fully saturated rings. The predicted octanol–water partition coefficient (Wildman–Crippen LogP) is 4.39. The van der Waals surface area contributed by atoms with E-state index in [2.05, 4.69) is 53.7 Å². The highest BCUT2D eigenvalue weighted by atomic mass is 32.1. The van der Waals surface area contributed by atoms with Crippen LogP contribution in [0.25, 0.3) is 22.4 Å². The second-order valence-corrected chi connectivity index (χ2v) is 10.1. The van der Waals surface area contributed by atoms with Crippen LogP contribution in [0, 0.1) is 6.92 Å². The van der Waals surface area contributed by atoms with Crippen molar-refractivity contribution >= 4 is 72.9 Å². The molecule has 0 bridgehead atoms. The van der Waals surface area contributed by atoms with E-state index < -0.39 is 12.1 Å². The Labute approximate surface area is 223 Å². The van der Waals surface area contributed by atoms with Crippen molar-refractivity contribution in [3.8, 4) is 0 Å². The quantitative estimate of drug-likeness (QED) is 0.276. The number of rotatable bonds is 5. The summed E-state index contributed by atoms with van der Waals surface area (Å²) in [4.78, 5) is 30.1. The zero-order valence-electron chi connectivity index (χ0n) is 20.0. The first-order chi connectivity index (χ1) is 18.1. The number of hydrogen-bond donors (Lipinski definition) is 4. The lowest BCUT2D eigenvalue weighted by atomic mass is 10.2. The highest BCUT2D eigenvalue weighted by Crippen LogP contribution is 2.27. The minimum Gasteiger partial charge on any atom is -0.475 e. The summed E-state index contributed by atoms with van der Waals surface area (Å²) in [7, 11) is 0. The molecule has 1 aromatic carbocycles. The molecule has 0 amide bonds. The number of carboxylic acid groups (broad SMARTS) is 1. The average Bonchev–Trinajstić information content (AvgIpc) is 3.47. The fraction of sp³-hybridized carbons (Fsp3) is 0.261. The fourth-order valence-corrected chi connectivity index (χ4v) is 4.95. The molecule has 38 heavy (non-hydrogen) atoms. The van der Waals surface area contributed by atoms with Crippen molar-refractivity contribution in [3.63, 3.8) is 0 Å². The first-order valence-electron chi connectivity index (χ1n) is 11.3. The lowest BCUT2D eigenvalue weighted by Gasteiger charge is -2.28. The molecule has 10 nitrogen and oxygen atoms in total. The fourth-order valence-electron chi connectivity index (χ4n) is 3.44. The number of carbonyl (C=O) groups is 1. The van der Waals surface area contributed by atoms with Crippen LogP contribution in [0.2, 0.25) is 0 Å². The molecule has 200 valence electrons. The number of nitrogens with one attached hydrogen (secondary N) is 2. The summed E-state index contributed by atoms with van der Waals surface area (Å²) in [5.41, 5.74) is 7.83. The van der Waals surface area contributed by atoms with Gasteiger partial charge in [0.2, 0.25) is 0 Å². The van der Waals surface area contributed by atoms with Crippen molar-refractivity contribution < 1.29 is 23.1 Å². The number of piperazine rings is 1. The van der Waals surface area contributed by atoms with Crippen LogP contribution in [-0.4, -0.2) is 63.4 Å². The van der Waals surface area contributed by atoms with E-state index >= 15 is 0 Å². The summed E-state index contributed by atoms with van der Waals surface area (Å²) < 4.78 is 32.8. The standard InChI is InChI=1S/C21H22N8S2.C2HF3O2/c1-13-25-18(11-19(26-13)29-8-6-23-7-9-29)28-21-24-12-15(30-21)4-2-14-3-5-16-17(10-14)31-20(22)27-16;3-2(4,5)1(6)7/h2-5,10-12,23H,6-9H2,1H3,(H2,22,27)(H,24,25,26,28);(H,6,7)/b4-2+;. The maximum atomic E-state index is 10.6. The zero-order valence-corrected chi connectivity index (χ0v) is 21.6. The van der Waals surface area contributed by atoms with Gasteiger partial charge >= 0.3 is 12.1 Å². The van der Waals surface area contributed by atoms with Crippen LogP contribution in [0.3, 0.4) is 0 Å². The molecule has 3 aromatic heterocycles. The minimum atomic E-state index is -5.08. The van der Waals surface area contributed by atoms with Crippen molar-refractivity contribution in [2.24, 2.45) is 0 Å². The molecule has 0 saturated carbocycles. The van der Waals surface area contributed by atoms with Crippen LogP contribution in [0.15, 0.2) is 30.5 Å². The van der Waals surface area contributed by atoms with Gasteiger partial charge in [-0.2, -0.15) is 13.2 Å². The Bertz CT molecular complexity index is 1450. The number of nitrogens with two attached hydrogens (primary N) is 1. The van der Waals surface area contributed by atoms with E-state index in [1.54, 1.807) is 11.3 Å². The molecule has 4 aromatic rings. The summed E-state index contributed by atoms with van der Waals surface area (Å²) in [6, 6.07) is 8.13. The molecule has 0 aliphatic carbocycles. The van der Waals surface area contributed by atoms with Gasteiger partial charge in [-0.15, -0.1) is 0 Å². The van der Waals surface area contributed by atoms with Crippen LogP contribution in [-0.2, 0) is 4.79 Å². The number of carboxylic acids is 1. The molecule has 1 aliphatic heterocycles. The molecule has 1 saturated heterocycles. The van der Waals surface area contributed by atoms with Gasteiger partial charge in [-0.25, -0.2) is 24.7 Å². The summed E-state index contributed by atoms with van der Waals surface area (Å²) >= 11 is 3.08. The average molecular weight is 565 g/mol. The van der Waals surface area contributed by atoms with Gasteiger partial charge in [0.05, 0.1) is 10.2 Å². The van der Waals surface area contributed by atoms with Gasteiger partial charge in [0.15, 0.2) is 10.3 Å². The number of thiazole rings is 2. The van der Waals surface area contributed by atoms with E-state index in [1.165, 1.54) is 11.3 Å². The molecule has 1 aliphatic rings. The molecule has 0 radical (unpaired) electrons. The second kappa shape index (κ2) is 11.7. The zero-order chi connectivity index (χ0) is 27.3. The number of nitrogen functional groups attached to an aromatic ring is 1. The Morgan fingerprint density at radius 3 is 2.61 bits per heavy atom. The van der Waals surface area contributed by atoms with Crippen LogP contribution >= 0.6 is 22.7 Å². The lowest BCUT2D eigenvalue weighted by molar-refractivity contribution is -0.192. The van der Waals surface area contributed by atoms with Crippen molar-refractivity contribution in [1.29, 1.82) is 0 Å². The third-order valence-corrected chi connectivity index (χ3v) is 6.86. The summed E-state index contributed by atoms with van der Waals surface area (Å²) in [6.45, 7) is 5.75. The number of fused-ring (bicyclic) bond motifs is 1. The summed E-state index contributed by atoms with van der Waals surface area (Å²) in [6.07, 6.45) is 0.910. The van der Waals surface area contributed by atoms with Gasteiger partial charge in [-0.05, 0) is 30.7 Å². The van der Waals surface area contributed by atoms with E-state index in [0.717, 1.165) is 69.4 Å². The van der Waals surface area contributed by atoms with Crippen molar-refractivity contribution in [2.45, 2.75) is 13.1 Å². The van der Waals surface area contributed by atoms with Gasteiger partial charge < -0.3 is 26.4 Å². The number of aromatic nitrogens is 4. The van der Waals surface area contributed by atoms with Crippen LogP contribution < -0.4 is 21.3 Å². The van der Waals surface area contributed by atoms with Gasteiger partial charge in [0.25, 0.3) is 0 Å². The van der Waals surface area contributed by atoms with Gasteiger partial charge in [-0.3, -0.25) is 0 Å². The first kappa shape index (κ1) is 27.2. The van der Waals surface area contributed by atoms with E-state index in [4.69, 9.17) is 15.6 Å². The Hall–Kier alpha value is -3.82. The van der Waals surface area contributed by atoms with Crippen LogP contribution in [0.1, 0.15) is 16.3 Å². The van der Waals surface area contributed by atoms with Crippen molar-refractivity contribution in [2.75, 3.05) is 42.1 Å². The number of aliphatic carboxylic acids is 1. The molecular formula is C23H23F3N8O2S2. The maximum Gasteiger partial charge on any atom is 0.490 e. The number of alkyl halides is 3. The van der Waals surface area contributed by atoms with Crippen molar-refractivity contribution in [1.82, 2.24) is 25.3 Å². The number of aryl methyl sites for hydroxylation is 1. The number of anilines is 4. The lowest BCUT2D eigenvalue weighted by Crippen LogP contribution is -2.44. The highest BCUT2D eigenvalue weighted by Gasteiger charge is 2.38. The van der Waals surface area contributed by atoms with Gasteiger partial charge in [0, 0.05) is 43.3 Å². The van der Waals surface area contributed by atoms with E-state index in [1.807, 2.05) is 31.3 Å². The molecule has 15 heteroatoms. The Kier molecular flexibility index (Phi) is 8.38. The first-order valence-corrected chi connectivity index (χ1v) is 12.9. The number of hydrogen-bond acceptors (Lipinski definition) is 11. The molecular weight excluding hydrogens is 541 g/mol. The van der Waals surface area contributed by atoms with E-state index in [-0.39, 0.29) is 0 Å². The van der Waals surface area contributed by atoms with E-state index in [0.29, 0.717) is 5.13 Å². The Balaban J connectivity index is 0.000000426. The normalized spacial score (nSPS) is 13.9.